The van der Waals surface area contributed by atoms with Crippen molar-refractivity contribution in [2.45, 2.75) is 19.5 Å². The Morgan fingerprint density at radius 3 is 3.00 bits per heavy atom. The Kier molecular flexibility index (Phi) is 4.24. The number of hydrogen-bond donors (Lipinski definition) is 2. The number of carbonyl (C=O) groups is 1. The fourth-order valence-corrected chi connectivity index (χ4v) is 2.29. The van der Waals surface area contributed by atoms with Crippen LogP contribution in [0, 0.1) is 5.82 Å². The Morgan fingerprint density at radius 2 is 2.37 bits per heavy atom. The molecular weight excluding hydrogens is 265 g/mol. The third-order valence-corrected chi connectivity index (χ3v) is 3.53. The summed E-state index contributed by atoms with van der Waals surface area (Å²) in [6.07, 6.45) is 0. The van der Waals surface area contributed by atoms with Crippen molar-refractivity contribution in [3.63, 3.8) is 0 Å². The van der Waals surface area contributed by atoms with E-state index in [-0.39, 0.29) is 17.8 Å². The number of rotatable bonds is 4. The van der Waals surface area contributed by atoms with Gasteiger partial charge in [-0.25, -0.2) is 9.37 Å². The van der Waals surface area contributed by atoms with Gasteiger partial charge in [0.2, 0.25) is 0 Å². The van der Waals surface area contributed by atoms with Crippen molar-refractivity contribution >= 4 is 17.2 Å². The number of benzene rings is 1. The summed E-state index contributed by atoms with van der Waals surface area (Å²) in [5, 5.41) is 5.15. The van der Waals surface area contributed by atoms with E-state index in [4.69, 9.17) is 5.73 Å². The van der Waals surface area contributed by atoms with Crippen molar-refractivity contribution in [2.24, 2.45) is 5.73 Å². The fraction of sp³-hybridized carbons (Fsp3) is 0.231. The largest absolute Gasteiger partial charge is 0.344 e. The molecule has 1 heterocycles. The number of aromatic nitrogens is 1. The molecule has 4 nitrogen and oxygen atoms in total. The maximum absolute atomic E-state index is 13.1. The second kappa shape index (κ2) is 5.90. The third-order valence-electron chi connectivity index (χ3n) is 2.66. The van der Waals surface area contributed by atoms with E-state index in [1.165, 1.54) is 23.5 Å². The number of thiazole rings is 1. The molecular formula is C13H14FN3OS. The molecule has 0 fully saturated rings. The van der Waals surface area contributed by atoms with Crippen molar-refractivity contribution in [3.05, 3.63) is 51.7 Å². The molecule has 1 aromatic heterocycles. The minimum atomic E-state index is -0.322. The Labute approximate surface area is 114 Å². The molecule has 0 spiro atoms. The van der Waals surface area contributed by atoms with Crippen LogP contribution in [0.3, 0.4) is 0 Å². The summed E-state index contributed by atoms with van der Waals surface area (Å²) in [5.74, 6) is -0.606. The van der Waals surface area contributed by atoms with Gasteiger partial charge in [0.15, 0.2) is 0 Å². The van der Waals surface area contributed by atoms with Crippen LogP contribution in [0.4, 0.5) is 4.39 Å². The van der Waals surface area contributed by atoms with E-state index in [1.807, 2.05) is 0 Å². The van der Waals surface area contributed by atoms with Crippen LogP contribution in [0.1, 0.15) is 34.0 Å². The molecule has 100 valence electrons. The summed E-state index contributed by atoms with van der Waals surface area (Å²) in [5.41, 5.74) is 6.50. The van der Waals surface area contributed by atoms with Gasteiger partial charge in [-0.15, -0.1) is 11.3 Å². The number of hydrogen-bond acceptors (Lipinski definition) is 4. The van der Waals surface area contributed by atoms with Gasteiger partial charge in [-0.1, -0.05) is 12.1 Å². The van der Waals surface area contributed by atoms with Gasteiger partial charge >= 0.3 is 0 Å². The highest BCUT2D eigenvalue weighted by Crippen LogP contribution is 2.15. The van der Waals surface area contributed by atoms with Gasteiger partial charge < -0.3 is 11.1 Å². The van der Waals surface area contributed by atoms with Gasteiger partial charge in [-0.3, -0.25) is 4.79 Å². The minimum Gasteiger partial charge on any atom is -0.344 e. The lowest BCUT2D eigenvalue weighted by Gasteiger charge is -2.13. The Bertz CT molecular complexity index is 585. The zero-order valence-electron chi connectivity index (χ0n) is 10.4. The summed E-state index contributed by atoms with van der Waals surface area (Å²) < 4.78 is 13.1. The molecule has 1 unspecified atom stereocenters. The normalized spacial score (nSPS) is 12.2. The van der Waals surface area contributed by atoms with Crippen molar-refractivity contribution in [1.82, 2.24) is 10.3 Å². The first kappa shape index (κ1) is 13.6. The van der Waals surface area contributed by atoms with Crippen LogP contribution in [-0.2, 0) is 6.54 Å². The molecule has 0 bridgehead atoms. The van der Waals surface area contributed by atoms with Gasteiger partial charge in [0.25, 0.3) is 5.91 Å². The van der Waals surface area contributed by atoms with E-state index < -0.39 is 0 Å². The Morgan fingerprint density at radius 1 is 1.58 bits per heavy atom. The van der Waals surface area contributed by atoms with Gasteiger partial charge in [-0.05, 0) is 24.6 Å². The number of carbonyl (C=O) groups excluding carboxylic acids is 1. The van der Waals surface area contributed by atoms with Crippen LogP contribution < -0.4 is 11.1 Å². The number of nitrogens with zero attached hydrogens (tertiary/aromatic N) is 1. The Hall–Kier alpha value is -1.79. The monoisotopic (exact) mass is 279 g/mol. The van der Waals surface area contributed by atoms with Crippen LogP contribution in [0.15, 0.2) is 29.6 Å². The van der Waals surface area contributed by atoms with Crippen molar-refractivity contribution in [1.29, 1.82) is 0 Å². The van der Waals surface area contributed by atoms with E-state index in [0.29, 0.717) is 22.8 Å². The maximum atomic E-state index is 13.1. The zero-order valence-corrected chi connectivity index (χ0v) is 11.2. The van der Waals surface area contributed by atoms with Crippen LogP contribution >= 0.6 is 11.3 Å². The predicted molar refractivity (Wildman–Crippen MR) is 72.3 cm³/mol. The van der Waals surface area contributed by atoms with Gasteiger partial charge in [-0.2, -0.15) is 0 Å². The lowest BCUT2D eigenvalue weighted by molar-refractivity contribution is 0.0935. The van der Waals surface area contributed by atoms with Gasteiger partial charge in [0.05, 0.1) is 6.04 Å². The molecule has 6 heteroatoms. The lowest BCUT2D eigenvalue weighted by atomic mass is 10.1. The zero-order chi connectivity index (χ0) is 13.8. The molecule has 2 rings (SSSR count). The molecule has 0 saturated heterocycles. The first-order valence-electron chi connectivity index (χ1n) is 5.81. The third kappa shape index (κ3) is 3.36. The summed E-state index contributed by atoms with van der Waals surface area (Å²) in [4.78, 5) is 16.0. The highest BCUT2D eigenvalue weighted by molar-refractivity contribution is 7.09. The smallest absolute Gasteiger partial charge is 0.271 e. The summed E-state index contributed by atoms with van der Waals surface area (Å²) in [6.45, 7) is 2.11. The number of halogens is 1. The number of amides is 1. The molecule has 0 aliphatic rings. The minimum absolute atomic E-state index is 0.285. The van der Waals surface area contributed by atoms with Crippen molar-refractivity contribution in [3.8, 4) is 0 Å². The maximum Gasteiger partial charge on any atom is 0.271 e. The van der Waals surface area contributed by atoms with E-state index >= 15 is 0 Å². The van der Waals surface area contributed by atoms with Crippen LogP contribution in [0.25, 0.3) is 0 Å². The first-order valence-corrected chi connectivity index (χ1v) is 6.69. The highest BCUT2D eigenvalue weighted by atomic mass is 32.1. The molecule has 0 aliphatic heterocycles. The number of nitrogens with two attached hydrogens (primary N) is 1. The molecule has 19 heavy (non-hydrogen) atoms. The fourth-order valence-electron chi connectivity index (χ4n) is 1.64. The van der Waals surface area contributed by atoms with Crippen molar-refractivity contribution < 1.29 is 9.18 Å². The highest BCUT2D eigenvalue weighted by Gasteiger charge is 2.14. The van der Waals surface area contributed by atoms with Crippen molar-refractivity contribution in [2.75, 3.05) is 0 Å². The van der Waals surface area contributed by atoms with E-state index in [1.54, 1.807) is 24.4 Å². The summed E-state index contributed by atoms with van der Waals surface area (Å²) >= 11 is 1.35. The quantitative estimate of drug-likeness (QED) is 0.901. The van der Waals surface area contributed by atoms with E-state index in [0.717, 1.165) is 0 Å². The first-order chi connectivity index (χ1) is 9.10. The molecule has 2 aromatic rings. The average molecular weight is 279 g/mol. The SMILES string of the molecule is CC(NC(=O)c1csc(CN)n1)c1cccc(F)c1. The predicted octanol–water partition coefficient (Wildman–Crippen LogP) is 2.23. The molecule has 3 N–H and O–H groups in total. The van der Waals surface area contributed by atoms with Crippen LogP contribution in [0.5, 0.6) is 0 Å². The molecule has 0 radical (unpaired) electrons. The van der Waals surface area contributed by atoms with Crippen LogP contribution in [0.2, 0.25) is 0 Å². The average Bonchev–Trinajstić information content (AvgIpc) is 2.87. The van der Waals surface area contributed by atoms with E-state index in [2.05, 4.69) is 10.3 Å². The molecule has 0 aliphatic carbocycles. The summed E-state index contributed by atoms with van der Waals surface area (Å²) in [6, 6.07) is 5.86. The van der Waals surface area contributed by atoms with Gasteiger partial charge in [0.1, 0.15) is 16.5 Å². The second-order valence-corrected chi connectivity index (χ2v) is 5.02. The molecule has 1 atom stereocenters. The summed E-state index contributed by atoms with van der Waals surface area (Å²) in [7, 11) is 0. The number of nitrogens with one attached hydrogen (secondary N) is 1. The van der Waals surface area contributed by atoms with Crippen LogP contribution in [-0.4, -0.2) is 10.9 Å². The van der Waals surface area contributed by atoms with E-state index in [9.17, 15) is 9.18 Å². The Balaban J connectivity index is 2.06. The van der Waals surface area contributed by atoms with Gasteiger partial charge in [0, 0.05) is 11.9 Å². The molecule has 1 aromatic carbocycles. The molecule has 0 saturated carbocycles. The molecule has 1 amide bonds. The lowest BCUT2D eigenvalue weighted by Crippen LogP contribution is -2.27. The second-order valence-electron chi connectivity index (χ2n) is 4.08. The topological polar surface area (TPSA) is 68.0 Å². The standard InChI is InChI=1S/C13H14FN3OS/c1-8(9-3-2-4-10(14)5-9)16-13(18)11-7-19-12(6-15)17-11/h2-5,7-8H,6,15H2,1H3,(H,16,18).